The fraction of sp³-hybridized carbons (Fsp3) is 0.182. The van der Waals surface area contributed by atoms with Gasteiger partial charge >= 0.3 is 5.63 Å². The molecule has 0 aliphatic heterocycles. The average molecular weight is 377 g/mol. The number of aryl methyl sites for hydroxylation is 1. The molecule has 0 aliphatic carbocycles. The molecule has 4 rings (SSSR count). The monoisotopic (exact) mass is 377 g/mol. The number of carboxylic acid groups (broad SMARTS) is 1. The highest BCUT2D eigenvalue weighted by atomic mass is 16.5. The Balaban J connectivity index is 1.92. The Kier molecular flexibility index (Phi) is 4.39. The third-order valence-electron chi connectivity index (χ3n) is 4.94. The molecule has 0 amide bonds. The second-order valence-electron chi connectivity index (χ2n) is 6.59. The maximum absolute atomic E-state index is 12.3. The summed E-state index contributed by atoms with van der Waals surface area (Å²) in [6.07, 6.45) is 1.49. The Morgan fingerprint density at radius 1 is 1.14 bits per heavy atom. The van der Waals surface area contributed by atoms with Crippen molar-refractivity contribution in [2.75, 3.05) is 7.11 Å². The fourth-order valence-corrected chi connectivity index (χ4v) is 3.44. The van der Waals surface area contributed by atoms with Gasteiger partial charge in [0.2, 0.25) is 0 Å². The zero-order valence-electron chi connectivity index (χ0n) is 15.4. The van der Waals surface area contributed by atoms with E-state index in [0.29, 0.717) is 22.3 Å². The van der Waals surface area contributed by atoms with Gasteiger partial charge in [0.25, 0.3) is 0 Å². The SMILES string of the molecule is COc1cccc(-c2coc3cc4oc(=O)c(CCC(=O)[O-])c(C)c4cc23)c1. The van der Waals surface area contributed by atoms with Crippen LogP contribution in [0.5, 0.6) is 5.75 Å². The minimum absolute atomic E-state index is 0.0681. The van der Waals surface area contributed by atoms with E-state index in [4.69, 9.17) is 13.6 Å². The van der Waals surface area contributed by atoms with Crippen molar-refractivity contribution in [3.63, 3.8) is 0 Å². The molecule has 0 aliphatic rings. The third kappa shape index (κ3) is 3.03. The molecule has 142 valence electrons. The van der Waals surface area contributed by atoms with E-state index in [1.807, 2.05) is 30.3 Å². The average Bonchev–Trinajstić information content (AvgIpc) is 3.09. The van der Waals surface area contributed by atoms with Crippen molar-refractivity contribution < 1.29 is 23.5 Å². The molecule has 0 unspecified atom stereocenters. The third-order valence-corrected chi connectivity index (χ3v) is 4.94. The molecule has 2 heterocycles. The molecule has 0 atom stereocenters. The summed E-state index contributed by atoms with van der Waals surface area (Å²) in [5.41, 5.74) is 3.33. The molecule has 0 fully saturated rings. The Morgan fingerprint density at radius 2 is 1.96 bits per heavy atom. The molecule has 6 heteroatoms. The predicted molar refractivity (Wildman–Crippen MR) is 102 cm³/mol. The lowest BCUT2D eigenvalue weighted by atomic mass is 9.99. The molecule has 0 saturated heterocycles. The number of furan rings is 1. The second-order valence-corrected chi connectivity index (χ2v) is 6.59. The van der Waals surface area contributed by atoms with Crippen LogP contribution in [0, 0.1) is 6.92 Å². The molecular weight excluding hydrogens is 360 g/mol. The largest absolute Gasteiger partial charge is 0.550 e. The van der Waals surface area contributed by atoms with E-state index in [0.717, 1.165) is 27.6 Å². The maximum atomic E-state index is 12.3. The van der Waals surface area contributed by atoms with Gasteiger partial charge in [0.1, 0.15) is 16.9 Å². The van der Waals surface area contributed by atoms with Crippen molar-refractivity contribution in [1.82, 2.24) is 0 Å². The van der Waals surface area contributed by atoms with E-state index in [1.165, 1.54) is 0 Å². The van der Waals surface area contributed by atoms with Gasteiger partial charge in [-0.2, -0.15) is 0 Å². The Hall–Kier alpha value is -3.54. The summed E-state index contributed by atoms with van der Waals surface area (Å²) in [4.78, 5) is 23.1. The van der Waals surface area contributed by atoms with Crippen LogP contribution < -0.4 is 15.5 Å². The van der Waals surface area contributed by atoms with Crippen LogP contribution in [0.25, 0.3) is 33.1 Å². The van der Waals surface area contributed by atoms with Crippen LogP contribution in [0.1, 0.15) is 17.5 Å². The van der Waals surface area contributed by atoms with E-state index in [2.05, 4.69) is 0 Å². The highest BCUT2D eigenvalue weighted by Gasteiger charge is 2.16. The Bertz CT molecular complexity index is 1260. The number of benzene rings is 2. The second kappa shape index (κ2) is 6.88. The van der Waals surface area contributed by atoms with Gasteiger partial charge in [0.05, 0.1) is 13.4 Å². The lowest BCUT2D eigenvalue weighted by Crippen LogP contribution is -2.24. The van der Waals surface area contributed by atoms with Crippen LogP contribution in [-0.4, -0.2) is 13.1 Å². The van der Waals surface area contributed by atoms with Crippen LogP contribution in [0.2, 0.25) is 0 Å². The Labute approximate surface area is 160 Å². The smallest absolute Gasteiger partial charge is 0.339 e. The highest BCUT2D eigenvalue weighted by Crippen LogP contribution is 2.35. The lowest BCUT2D eigenvalue weighted by molar-refractivity contribution is -0.305. The van der Waals surface area contributed by atoms with E-state index in [1.54, 1.807) is 26.4 Å². The first-order valence-corrected chi connectivity index (χ1v) is 8.79. The van der Waals surface area contributed by atoms with Crippen molar-refractivity contribution in [1.29, 1.82) is 0 Å². The van der Waals surface area contributed by atoms with E-state index in [-0.39, 0.29) is 12.8 Å². The number of hydrogen-bond donors (Lipinski definition) is 0. The first kappa shape index (κ1) is 17.9. The number of rotatable bonds is 5. The number of aliphatic carboxylic acids is 1. The number of carbonyl (C=O) groups excluding carboxylic acids is 1. The number of fused-ring (bicyclic) bond motifs is 2. The molecule has 2 aromatic heterocycles. The fourth-order valence-electron chi connectivity index (χ4n) is 3.44. The van der Waals surface area contributed by atoms with E-state index < -0.39 is 11.6 Å². The number of methoxy groups -OCH3 is 1. The topological polar surface area (TPSA) is 92.7 Å². The van der Waals surface area contributed by atoms with Gasteiger partial charge < -0.3 is 23.5 Å². The Morgan fingerprint density at radius 3 is 2.71 bits per heavy atom. The predicted octanol–water partition coefficient (Wildman–Crippen LogP) is 3.21. The minimum atomic E-state index is -1.20. The molecule has 0 spiro atoms. The lowest BCUT2D eigenvalue weighted by Gasteiger charge is -2.09. The van der Waals surface area contributed by atoms with Gasteiger partial charge in [0, 0.05) is 33.9 Å². The maximum Gasteiger partial charge on any atom is 0.339 e. The first-order valence-electron chi connectivity index (χ1n) is 8.79. The summed E-state index contributed by atoms with van der Waals surface area (Å²) in [6, 6.07) is 11.2. The summed E-state index contributed by atoms with van der Waals surface area (Å²) in [6.45, 7) is 1.79. The molecular formula is C22H17O6-. The number of carboxylic acids is 1. The molecule has 2 aromatic carbocycles. The van der Waals surface area contributed by atoms with Crippen molar-refractivity contribution in [2.24, 2.45) is 0 Å². The number of hydrogen-bond acceptors (Lipinski definition) is 6. The van der Waals surface area contributed by atoms with Gasteiger partial charge in [-0.3, -0.25) is 0 Å². The van der Waals surface area contributed by atoms with Gasteiger partial charge in [-0.05, 0) is 49.1 Å². The van der Waals surface area contributed by atoms with Gasteiger partial charge in [-0.15, -0.1) is 0 Å². The first-order chi connectivity index (χ1) is 13.5. The molecule has 0 radical (unpaired) electrons. The normalized spacial score (nSPS) is 11.2. The van der Waals surface area contributed by atoms with Crippen LogP contribution in [-0.2, 0) is 11.2 Å². The molecule has 4 aromatic rings. The van der Waals surface area contributed by atoms with Crippen LogP contribution in [0.3, 0.4) is 0 Å². The number of carbonyl (C=O) groups is 1. The summed E-state index contributed by atoms with van der Waals surface area (Å²) in [5.74, 6) is -0.469. The molecule has 28 heavy (non-hydrogen) atoms. The van der Waals surface area contributed by atoms with Crippen molar-refractivity contribution in [3.05, 3.63) is 64.2 Å². The summed E-state index contributed by atoms with van der Waals surface area (Å²) < 4.78 is 16.4. The van der Waals surface area contributed by atoms with Crippen LogP contribution >= 0.6 is 0 Å². The van der Waals surface area contributed by atoms with Crippen LogP contribution in [0.15, 0.2) is 56.3 Å². The molecule has 0 N–H and O–H groups in total. The zero-order chi connectivity index (χ0) is 19.8. The molecule has 0 saturated carbocycles. The van der Waals surface area contributed by atoms with Crippen molar-refractivity contribution in [3.8, 4) is 16.9 Å². The summed E-state index contributed by atoms with van der Waals surface area (Å²) >= 11 is 0. The van der Waals surface area contributed by atoms with Crippen molar-refractivity contribution >= 4 is 27.9 Å². The van der Waals surface area contributed by atoms with Crippen LogP contribution in [0.4, 0.5) is 0 Å². The van der Waals surface area contributed by atoms with Gasteiger partial charge in [0.15, 0.2) is 0 Å². The van der Waals surface area contributed by atoms with Gasteiger partial charge in [-0.1, -0.05) is 12.1 Å². The minimum Gasteiger partial charge on any atom is -0.550 e. The standard InChI is InChI=1S/C22H18O6/c1-12-15(6-7-21(23)24)22(25)28-20-10-19-17(9-16(12)20)18(11-27-19)13-4-3-5-14(8-13)26-2/h3-5,8-11H,6-7H2,1-2H3,(H,23,24)/p-1. The molecule has 6 nitrogen and oxygen atoms in total. The molecule has 0 bridgehead atoms. The number of ether oxygens (including phenoxy) is 1. The van der Waals surface area contributed by atoms with Gasteiger partial charge in [-0.25, -0.2) is 4.79 Å². The van der Waals surface area contributed by atoms with Crippen molar-refractivity contribution in [2.45, 2.75) is 19.8 Å². The quantitative estimate of drug-likeness (QED) is 0.496. The summed E-state index contributed by atoms with van der Waals surface area (Å²) in [7, 11) is 1.61. The highest BCUT2D eigenvalue weighted by molar-refractivity contribution is 6.02. The zero-order valence-corrected chi connectivity index (χ0v) is 15.4. The summed E-state index contributed by atoms with van der Waals surface area (Å²) in [5, 5.41) is 12.4. The van der Waals surface area contributed by atoms with E-state index >= 15 is 0 Å². The van der Waals surface area contributed by atoms with E-state index in [9.17, 15) is 14.7 Å².